The van der Waals surface area contributed by atoms with E-state index in [0.29, 0.717) is 0 Å². The lowest BCUT2D eigenvalue weighted by Gasteiger charge is -2.24. The van der Waals surface area contributed by atoms with Crippen molar-refractivity contribution in [3.05, 3.63) is 0 Å². The van der Waals surface area contributed by atoms with Crippen molar-refractivity contribution >= 4 is 0 Å². The van der Waals surface area contributed by atoms with Gasteiger partial charge in [-0.15, -0.1) is 0 Å². The monoisotopic (exact) mass is 202 g/mol. The molecule has 14 heavy (non-hydrogen) atoms. The number of hydrogen-bond acceptors (Lipinski definition) is 4. The van der Waals surface area contributed by atoms with Crippen LogP contribution in [-0.4, -0.2) is 37.5 Å². The molecule has 4 atom stereocenters. The van der Waals surface area contributed by atoms with Gasteiger partial charge in [-0.3, -0.25) is 0 Å². The summed E-state index contributed by atoms with van der Waals surface area (Å²) in [5.41, 5.74) is 0. The maximum absolute atomic E-state index is 5.74. The average molecular weight is 202 g/mol. The third-order valence-electron chi connectivity index (χ3n) is 2.76. The van der Waals surface area contributed by atoms with Gasteiger partial charge in [0.2, 0.25) is 0 Å². The van der Waals surface area contributed by atoms with Gasteiger partial charge in [0, 0.05) is 7.11 Å². The zero-order chi connectivity index (χ0) is 10.3. The molecule has 2 saturated heterocycles. The van der Waals surface area contributed by atoms with Crippen LogP contribution in [0, 0.1) is 0 Å². The molecule has 4 heteroatoms. The summed E-state index contributed by atoms with van der Waals surface area (Å²) >= 11 is 0. The van der Waals surface area contributed by atoms with Gasteiger partial charge in [-0.2, -0.15) is 0 Å². The summed E-state index contributed by atoms with van der Waals surface area (Å²) in [6, 6.07) is 0. The van der Waals surface area contributed by atoms with E-state index in [9.17, 15) is 0 Å². The second-order valence-corrected chi connectivity index (χ2v) is 4.25. The van der Waals surface area contributed by atoms with E-state index in [2.05, 4.69) is 6.92 Å². The molecule has 2 heterocycles. The largest absolute Gasteiger partial charge is 0.376 e. The average Bonchev–Trinajstić information content (AvgIpc) is 2.55. The highest BCUT2D eigenvalue weighted by molar-refractivity contribution is 4.93. The molecule has 0 spiro atoms. The fraction of sp³-hybridized carbons (Fsp3) is 1.00. The Labute approximate surface area is 84.5 Å². The normalized spacial score (nSPS) is 45.4. The van der Waals surface area contributed by atoms with E-state index < -0.39 is 5.79 Å². The Bertz CT molecular complexity index is 216. The second kappa shape index (κ2) is 3.45. The number of methoxy groups -OCH3 is 1. The molecule has 0 unspecified atom stereocenters. The van der Waals surface area contributed by atoms with Crippen LogP contribution in [0.3, 0.4) is 0 Å². The lowest BCUT2D eigenvalue weighted by atomic mass is 10.1. The van der Waals surface area contributed by atoms with Gasteiger partial charge in [-0.05, 0) is 20.3 Å². The van der Waals surface area contributed by atoms with Gasteiger partial charge < -0.3 is 18.9 Å². The standard InChI is InChI=1S/C10H18O4/c1-5-6-7(11-4)8-9(12-6)14-10(2,3)13-8/h6-9H,5H2,1-4H3/t6-,7+,8-,9-/m1/s1. The van der Waals surface area contributed by atoms with Crippen molar-refractivity contribution in [3.8, 4) is 0 Å². The second-order valence-electron chi connectivity index (χ2n) is 4.25. The molecule has 0 aliphatic carbocycles. The van der Waals surface area contributed by atoms with Crippen molar-refractivity contribution in [2.75, 3.05) is 7.11 Å². The SMILES string of the molecule is CC[C@H]1O[C@@H]2OC(C)(C)O[C@@H]2[C@H]1OC. The van der Waals surface area contributed by atoms with E-state index in [0.717, 1.165) is 6.42 Å². The minimum Gasteiger partial charge on any atom is -0.376 e. The zero-order valence-corrected chi connectivity index (χ0v) is 9.15. The third kappa shape index (κ3) is 1.56. The van der Waals surface area contributed by atoms with Crippen molar-refractivity contribution in [3.63, 3.8) is 0 Å². The molecular weight excluding hydrogens is 184 g/mol. The summed E-state index contributed by atoms with van der Waals surface area (Å²) in [4.78, 5) is 0. The molecule has 2 aliphatic rings. The van der Waals surface area contributed by atoms with Crippen LogP contribution in [0.15, 0.2) is 0 Å². The van der Waals surface area contributed by atoms with Crippen molar-refractivity contribution in [1.82, 2.24) is 0 Å². The first-order valence-corrected chi connectivity index (χ1v) is 5.11. The van der Waals surface area contributed by atoms with E-state index >= 15 is 0 Å². The highest BCUT2D eigenvalue weighted by Crippen LogP contribution is 2.39. The minimum atomic E-state index is -0.551. The maximum Gasteiger partial charge on any atom is 0.190 e. The Balaban J connectivity index is 2.09. The first-order chi connectivity index (χ1) is 6.57. The first kappa shape index (κ1) is 10.4. The Morgan fingerprint density at radius 1 is 1.29 bits per heavy atom. The number of fused-ring (bicyclic) bond motifs is 1. The Kier molecular flexibility index (Phi) is 2.55. The van der Waals surface area contributed by atoms with Gasteiger partial charge in [0.1, 0.15) is 12.2 Å². The molecule has 4 nitrogen and oxygen atoms in total. The zero-order valence-electron chi connectivity index (χ0n) is 9.15. The summed E-state index contributed by atoms with van der Waals surface area (Å²) in [7, 11) is 1.69. The maximum atomic E-state index is 5.74. The summed E-state index contributed by atoms with van der Waals surface area (Å²) in [5.74, 6) is -0.551. The van der Waals surface area contributed by atoms with Crippen LogP contribution in [0.5, 0.6) is 0 Å². The quantitative estimate of drug-likeness (QED) is 0.676. The first-order valence-electron chi connectivity index (χ1n) is 5.11. The van der Waals surface area contributed by atoms with Gasteiger partial charge in [-0.1, -0.05) is 6.92 Å². The molecule has 0 radical (unpaired) electrons. The number of rotatable bonds is 2. The van der Waals surface area contributed by atoms with Crippen LogP contribution in [0.25, 0.3) is 0 Å². The van der Waals surface area contributed by atoms with Crippen LogP contribution >= 0.6 is 0 Å². The molecule has 0 aromatic rings. The van der Waals surface area contributed by atoms with E-state index in [4.69, 9.17) is 18.9 Å². The third-order valence-corrected chi connectivity index (χ3v) is 2.76. The van der Waals surface area contributed by atoms with Crippen LogP contribution in [0.4, 0.5) is 0 Å². The highest BCUT2D eigenvalue weighted by Gasteiger charge is 2.54. The molecule has 0 amide bonds. The van der Waals surface area contributed by atoms with Crippen molar-refractivity contribution in [2.45, 2.75) is 57.6 Å². The molecular formula is C10H18O4. The molecule has 0 aromatic carbocycles. The van der Waals surface area contributed by atoms with Crippen LogP contribution < -0.4 is 0 Å². The van der Waals surface area contributed by atoms with E-state index in [1.165, 1.54) is 0 Å². The fourth-order valence-electron chi connectivity index (χ4n) is 2.16. The molecule has 0 saturated carbocycles. The van der Waals surface area contributed by atoms with Crippen LogP contribution in [-0.2, 0) is 18.9 Å². The highest BCUT2D eigenvalue weighted by atomic mass is 16.8. The van der Waals surface area contributed by atoms with Crippen LogP contribution in [0.1, 0.15) is 27.2 Å². The van der Waals surface area contributed by atoms with E-state index in [1.54, 1.807) is 7.11 Å². The molecule has 2 fully saturated rings. The molecule has 2 rings (SSSR count). The Morgan fingerprint density at radius 3 is 2.57 bits per heavy atom. The topological polar surface area (TPSA) is 36.9 Å². The molecule has 0 N–H and O–H groups in total. The number of hydrogen-bond donors (Lipinski definition) is 0. The fourth-order valence-corrected chi connectivity index (χ4v) is 2.16. The molecule has 0 aromatic heterocycles. The molecule has 0 bridgehead atoms. The van der Waals surface area contributed by atoms with E-state index in [1.807, 2.05) is 13.8 Å². The summed E-state index contributed by atoms with van der Waals surface area (Å²) in [5, 5.41) is 0. The molecule has 82 valence electrons. The van der Waals surface area contributed by atoms with Crippen molar-refractivity contribution in [1.29, 1.82) is 0 Å². The van der Waals surface area contributed by atoms with Gasteiger partial charge >= 0.3 is 0 Å². The van der Waals surface area contributed by atoms with Crippen molar-refractivity contribution < 1.29 is 18.9 Å². The lowest BCUT2D eigenvalue weighted by molar-refractivity contribution is -0.216. The minimum absolute atomic E-state index is 0.00762. The van der Waals surface area contributed by atoms with Gasteiger partial charge in [0.15, 0.2) is 12.1 Å². The smallest absolute Gasteiger partial charge is 0.190 e. The lowest BCUT2D eigenvalue weighted by Crippen LogP contribution is -2.35. The molecule has 2 aliphatic heterocycles. The summed E-state index contributed by atoms with van der Waals surface area (Å²) in [6.45, 7) is 5.85. The van der Waals surface area contributed by atoms with Gasteiger partial charge in [0.25, 0.3) is 0 Å². The van der Waals surface area contributed by atoms with E-state index in [-0.39, 0.29) is 24.6 Å². The summed E-state index contributed by atoms with van der Waals surface area (Å²) in [6.07, 6.45) is 0.649. The summed E-state index contributed by atoms with van der Waals surface area (Å²) < 4.78 is 22.4. The number of ether oxygens (including phenoxy) is 4. The van der Waals surface area contributed by atoms with Gasteiger partial charge in [-0.25, -0.2) is 0 Å². The Morgan fingerprint density at radius 2 is 2.00 bits per heavy atom. The van der Waals surface area contributed by atoms with Crippen LogP contribution in [0.2, 0.25) is 0 Å². The predicted octanol–water partition coefficient (Wildman–Crippen LogP) is 1.29. The van der Waals surface area contributed by atoms with Gasteiger partial charge in [0.05, 0.1) is 6.10 Å². The Hall–Kier alpha value is -0.160. The van der Waals surface area contributed by atoms with Crippen molar-refractivity contribution in [2.24, 2.45) is 0 Å². The predicted molar refractivity (Wildman–Crippen MR) is 49.8 cm³/mol.